The smallest absolute Gasteiger partial charge is 0.101 e. The normalized spacial score (nSPS) is 24.6. The second kappa shape index (κ2) is 4.19. The second-order valence-electron chi connectivity index (χ2n) is 2.03. The maximum absolute atomic E-state index is 4.16. The van der Waals surface area contributed by atoms with Gasteiger partial charge in [0.05, 0.1) is 0 Å². The van der Waals surface area contributed by atoms with Gasteiger partial charge >= 0.3 is 0 Å². The van der Waals surface area contributed by atoms with E-state index in [9.17, 15) is 0 Å². The molecule has 0 radical (unpaired) electrons. The first-order valence-corrected chi connectivity index (χ1v) is 5.18. The summed E-state index contributed by atoms with van der Waals surface area (Å²) in [7, 11) is 0. The third kappa shape index (κ3) is 2.46. The molecule has 0 saturated heterocycles. The molecule has 1 rings (SSSR count). The molecule has 0 bridgehead atoms. The average Bonchev–Trinajstić information content (AvgIpc) is 1.95. The molecular formula is C7H10BrNS. The van der Waals surface area contributed by atoms with E-state index in [1.54, 1.807) is 0 Å². The molecule has 1 aliphatic heterocycles. The summed E-state index contributed by atoms with van der Waals surface area (Å²) in [5.74, 6) is 1.17. The number of halogens is 1. The van der Waals surface area contributed by atoms with Crippen LogP contribution in [0.25, 0.3) is 0 Å². The molecule has 1 nitrogen and oxygen atoms in total. The van der Waals surface area contributed by atoms with Crippen LogP contribution in [-0.2, 0) is 0 Å². The van der Waals surface area contributed by atoms with Crippen LogP contribution in [0.15, 0.2) is 15.7 Å². The van der Waals surface area contributed by atoms with Crippen LogP contribution in [0.1, 0.15) is 13.3 Å². The first-order chi connectivity index (χ1) is 4.83. The third-order valence-electron chi connectivity index (χ3n) is 1.26. The molecule has 0 amide bonds. The van der Waals surface area contributed by atoms with Crippen molar-refractivity contribution in [3.8, 4) is 0 Å². The summed E-state index contributed by atoms with van der Waals surface area (Å²) in [6.45, 7) is 2.17. The maximum Gasteiger partial charge on any atom is 0.101 e. The quantitative estimate of drug-likeness (QED) is 0.652. The van der Waals surface area contributed by atoms with Crippen molar-refractivity contribution in [1.82, 2.24) is 0 Å². The summed E-state index contributed by atoms with van der Waals surface area (Å²) in [4.78, 5) is 4.16. The van der Waals surface area contributed by atoms with E-state index < -0.39 is 0 Å². The lowest BCUT2D eigenvalue weighted by atomic mass is 10.3. The zero-order valence-corrected chi connectivity index (χ0v) is 8.28. The number of hydrogen-bond acceptors (Lipinski definition) is 2. The van der Waals surface area contributed by atoms with E-state index in [0.717, 1.165) is 11.0 Å². The molecule has 10 heavy (non-hydrogen) atoms. The van der Waals surface area contributed by atoms with Crippen LogP contribution in [-0.4, -0.2) is 17.2 Å². The monoisotopic (exact) mass is 219 g/mol. The number of rotatable bonds is 2. The molecule has 56 valence electrons. The SMILES string of the molecule is CCSC1C=NC(Br)=CC1. The third-order valence-corrected chi connectivity index (χ3v) is 2.87. The highest BCUT2D eigenvalue weighted by Crippen LogP contribution is 2.20. The van der Waals surface area contributed by atoms with Gasteiger partial charge in [0.1, 0.15) is 4.61 Å². The highest BCUT2D eigenvalue weighted by Gasteiger charge is 2.06. The van der Waals surface area contributed by atoms with Gasteiger partial charge in [0.15, 0.2) is 0 Å². The first kappa shape index (κ1) is 8.34. The second-order valence-corrected chi connectivity index (χ2v) is 4.36. The molecular weight excluding hydrogens is 210 g/mol. The van der Waals surface area contributed by atoms with Gasteiger partial charge in [-0.1, -0.05) is 13.0 Å². The molecule has 1 atom stereocenters. The number of hydrogen-bond donors (Lipinski definition) is 0. The van der Waals surface area contributed by atoms with Crippen LogP contribution >= 0.6 is 27.7 Å². The van der Waals surface area contributed by atoms with Crippen LogP contribution in [0.5, 0.6) is 0 Å². The maximum atomic E-state index is 4.16. The van der Waals surface area contributed by atoms with Gasteiger partial charge in [-0.15, -0.1) is 0 Å². The lowest BCUT2D eigenvalue weighted by Gasteiger charge is -2.10. The standard InChI is InChI=1S/C7H10BrNS/c1-2-10-6-3-4-7(8)9-5-6/h4-6H,2-3H2,1H3. The largest absolute Gasteiger partial charge is 0.253 e. The predicted octanol–water partition coefficient (Wildman–Crippen LogP) is 2.82. The highest BCUT2D eigenvalue weighted by molar-refractivity contribution is 9.11. The molecule has 0 fully saturated rings. The Bertz CT molecular complexity index is 165. The van der Waals surface area contributed by atoms with Crippen LogP contribution in [0, 0.1) is 0 Å². The minimum Gasteiger partial charge on any atom is -0.253 e. The molecule has 0 aromatic rings. The summed E-state index contributed by atoms with van der Waals surface area (Å²) in [6, 6.07) is 0. The minimum absolute atomic E-state index is 0.603. The van der Waals surface area contributed by atoms with Crippen molar-refractivity contribution < 1.29 is 0 Å². The Labute approximate surface area is 74.1 Å². The van der Waals surface area contributed by atoms with Crippen LogP contribution in [0.4, 0.5) is 0 Å². The zero-order chi connectivity index (χ0) is 7.40. The van der Waals surface area contributed by atoms with E-state index in [1.165, 1.54) is 5.75 Å². The fourth-order valence-electron chi connectivity index (χ4n) is 0.806. The summed E-state index contributed by atoms with van der Waals surface area (Å²) < 4.78 is 0.973. The Kier molecular flexibility index (Phi) is 3.49. The van der Waals surface area contributed by atoms with Crippen molar-refractivity contribution in [2.24, 2.45) is 4.99 Å². The fourth-order valence-corrected chi connectivity index (χ4v) is 1.92. The minimum atomic E-state index is 0.603. The van der Waals surface area contributed by atoms with Gasteiger partial charge in [-0.25, -0.2) is 0 Å². The molecule has 0 saturated carbocycles. The highest BCUT2D eigenvalue weighted by atomic mass is 79.9. The van der Waals surface area contributed by atoms with Crippen molar-refractivity contribution in [2.75, 3.05) is 5.75 Å². The molecule has 0 N–H and O–H groups in total. The fraction of sp³-hybridized carbons (Fsp3) is 0.571. The van der Waals surface area contributed by atoms with E-state index in [-0.39, 0.29) is 0 Å². The van der Waals surface area contributed by atoms with E-state index in [0.29, 0.717) is 5.25 Å². The Morgan fingerprint density at radius 1 is 1.90 bits per heavy atom. The lowest BCUT2D eigenvalue weighted by molar-refractivity contribution is 1.09. The van der Waals surface area contributed by atoms with Crippen LogP contribution in [0.3, 0.4) is 0 Å². The predicted molar refractivity (Wildman–Crippen MR) is 52.0 cm³/mol. The Morgan fingerprint density at radius 3 is 3.20 bits per heavy atom. The Balaban J connectivity index is 2.37. The van der Waals surface area contributed by atoms with E-state index >= 15 is 0 Å². The van der Waals surface area contributed by atoms with E-state index in [4.69, 9.17) is 0 Å². The van der Waals surface area contributed by atoms with Crippen molar-refractivity contribution in [3.63, 3.8) is 0 Å². The van der Waals surface area contributed by atoms with E-state index in [1.807, 2.05) is 18.0 Å². The van der Waals surface area contributed by atoms with Crippen LogP contribution < -0.4 is 0 Å². The van der Waals surface area contributed by atoms with Crippen molar-refractivity contribution in [2.45, 2.75) is 18.6 Å². The number of thioether (sulfide) groups is 1. The summed E-state index contributed by atoms with van der Waals surface area (Å²) in [5.41, 5.74) is 0. The molecule has 3 heteroatoms. The molecule has 1 unspecified atom stereocenters. The zero-order valence-electron chi connectivity index (χ0n) is 5.88. The van der Waals surface area contributed by atoms with Crippen molar-refractivity contribution >= 4 is 33.9 Å². The summed E-state index contributed by atoms with van der Waals surface area (Å²) >= 11 is 5.26. The molecule has 0 spiro atoms. The van der Waals surface area contributed by atoms with Crippen LogP contribution in [0.2, 0.25) is 0 Å². The van der Waals surface area contributed by atoms with Crippen molar-refractivity contribution in [3.05, 3.63) is 10.7 Å². The van der Waals surface area contributed by atoms with Gasteiger partial charge in [-0.05, 0) is 28.1 Å². The summed E-state index contributed by atoms with van der Waals surface area (Å²) in [5, 5.41) is 0.603. The Hall–Kier alpha value is 0.240. The van der Waals surface area contributed by atoms with Gasteiger partial charge in [0, 0.05) is 11.5 Å². The van der Waals surface area contributed by atoms with Gasteiger partial charge in [0.2, 0.25) is 0 Å². The Morgan fingerprint density at radius 2 is 2.70 bits per heavy atom. The van der Waals surface area contributed by atoms with E-state index in [2.05, 4.69) is 33.9 Å². The molecule has 1 heterocycles. The first-order valence-electron chi connectivity index (χ1n) is 3.34. The number of nitrogens with zero attached hydrogens (tertiary/aromatic N) is 1. The number of aliphatic imine (C=N–C) groups is 1. The van der Waals surface area contributed by atoms with Crippen molar-refractivity contribution in [1.29, 1.82) is 0 Å². The van der Waals surface area contributed by atoms with Gasteiger partial charge in [-0.3, -0.25) is 4.99 Å². The molecule has 0 aliphatic carbocycles. The van der Waals surface area contributed by atoms with Gasteiger partial charge in [0.25, 0.3) is 0 Å². The molecule has 0 aromatic carbocycles. The topological polar surface area (TPSA) is 12.4 Å². The molecule has 1 aliphatic rings. The summed E-state index contributed by atoms with van der Waals surface area (Å²) in [6.07, 6.45) is 5.24. The average molecular weight is 220 g/mol. The lowest BCUT2D eigenvalue weighted by Crippen LogP contribution is -2.06. The molecule has 0 aromatic heterocycles. The van der Waals surface area contributed by atoms with Gasteiger partial charge < -0.3 is 0 Å². The number of allylic oxidation sites excluding steroid dienone is 1. The van der Waals surface area contributed by atoms with Gasteiger partial charge in [-0.2, -0.15) is 11.8 Å².